The van der Waals surface area contributed by atoms with Crippen LogP contribution in [0.25, 0.3) is 0 Å². The summed E-state index contributed by atoms with van der Waals surface area (Å²) in [5, 5.41) is 3.01. The fourth-order valence-corrected chi connectivity index (χ4v) is 2.39. The van der Waals surface area contributed by atoms with Crippen LogP contribution in [-0.4, -0.2) is 24.0 Å². The first-order valence-electron chi connectivity index (χ1n) is 7.22. The highest BCUT2D eigenvalue weighted by Gasteiger charge is 2.20. The maximum Gasteiger partial charge on any atom is 0.321 e. The summed E-state index contributed by atoms with van der Waals surface area (Å²) in [6.07, 6.45) is 2.22. The van der Waals surface area contributed by atoms with Crippen molar-refractivity contribution in [3.63, 3.8) is 0 Å². The van der Waals surface area contributed by atoms with Crippen LogP contribution in [0.2, 0.25) is 0 Å². The van der Waals surface area contributed by atoms with Gasteiger partial charge in [-0.05, 0) is 42.4 Å². The summed E-state index contributed by atoms with van der Waals surface area (Å²) in [6.45, 7) is 8.31. The molecule has 1 aliphatic heterocycles. The zero-order chi connectivity index (χ0) is 13.8. The second-order valence-corrected chi connectivity index (χ2v) is 5.88. The molecule has 1 fully saturated rings. The van der Waals surface area contributed by atoms with Crippen molar-refractivity contribution in [2.24, 2.45) is 5.92 Å². The number of hydrogen-bond acceptors (Lipinski definition) is 1. The molecule has 0 saturated carbocycles. The lowest BCUT2D eigenvalue weighted by Crippen LogP contribution is -2.40. The number of amides is 2. The highest BCUT2D eigenvalue weighted by molar-refractivity contribution is 5.89. The molecule has 1 heterocycles. The molecule has 1 aromatic rings. The molecule has 19 heavy (non-hydrogen) atoms. The Morgan fingerprint density at radius 1 is 1.32 bits per heavy atom. The second kappa shape index (κ2) is 6.09. The van der Waals surface area contributed by atoms with Crippen molar-refractivity contribution in [1.82, 2.24) is 4.90 Å². The summed E-state index contributed by atoms with van der Waals surface area (Å²) in [5.74, 6) is 1.22. The number of carbonyl (C=O) groups is 1. The molecule has 0 aliphatic carbocycles. The fraction of sp³-hybridized carbons (Fsp3) is 0.562. The van der Waals surface area contributed by atoms with Crippen molar-refractivity contribution in [3.8, 4) is 0 Å². The quantitative estimate of drug-likeness (QED) is 0.854. The average molecular weight is 260 g/mol. The van der Waals surface area contributed by atoms with Gasteiger partial charge in [0.05, 0.1) is 0 Å². The molecule has 2 rings (SSSR count). The normalized spacial score (nSPS) is 16.7. The molecule has 0 bridgehead atoms. The monoisotopic (exact) mass is 260 g/mol. The number of urea groups is 1. The lowest BCUT2D eigenvalue weighted by molar-refractivity contribution is 0.186. The molecule has 0 spiro atoms. The van der Waals surface area contributed by atoms with Gasteiger partial charge in [-0.15, -0.1) is 0 Å². The van der Waals surface area contributed by atoms with Gasteiger partial charge in [0.1, 0.15) is 0 Å². The van der Waals surface area contributed by atoms with Gasteiger partial charge >= 0.3 is 6.03 Å². The van der Waals surface area contributed by atoms with Crippen LogP contribution in [0, 0.1) is 5.92 Å². The molecule has 2 amide bonds. The van der Waals surface area contributed by atoms with E-state index < -0.39 is 0 Å². The molecule has 1 aliphatic rings. The molecule has 3 nitrogen and oxygen atoms in total. The van der Waals surface area contributed by atoms with Crippen LogP contribution in [0.15, 0.2) is 24.3 Å². The first kappa shape index (κ1) is 13.9. The first-order chi connectivity index (χ1) is 9.06. The zero-order valence-electron chi connectivity index (χ0n) is 12.1. The van der Waals surface area contributed by atoms with E-state index in [0.717, 1.165) is 37.5 Å². The Labute approximate surface area is 116 Å². The Kier molecular flexibility index (Phi) is 4.46. The number of likely N-dealkylation sites (tertiary alicyclic amines) is 1. The molecule has 0 atom stereocenters. The fourth-order valence-electron chi connectivity index (χ4n) is 2.39. The van der Waals surface area contributed by atoms with Crippen molar-refractivity contribution < 1.29 is 4.79 Å². The van der Waals surface area contributed by atoms with Gasteiger partial charge in [0.15, 0.2) is 0 Å². The number of anilines is 1. The number of piperidine rings is 1. The van der Waals surface area contributed by atoms with E-state index in [0.29, 0.717) is 5.92 Å². The molecule has 0 unspecified atom stereocenters. The minimum atomic E-state index is 0.0350. The Morgan fingerprint density at radius 3 is 2.63 bits per heavy atom. The summed E-state index contributed by atoms with van der Waals surface area (Å²) in [5.41, 5.74) is 2.15. The van der Waals surface area contributed by atoms with Gasteiger partial charge in [-0.25, -0.2) is 4.79 Å². The van der Waals surface area contributed by atoms with Gasteiger partial charge in [0.2, 0.25) is 0 Å². The second-order valence-electron chi connectivity index (χ2n) is 5.88. The molecular weight excluding hydrogens is 236 g/mol. The van der Waals surface area contributed by atoms with Gasteiger partial charge < -0.3 is 10.2 Å². The number of rotatable bonds is 2. The minimum Gasteiger partial charge on any atom is -0.325 e. The third-order valence-corrected chi connectivity index (χ3v) is 3.88. The first-order valence-corrected chi connectivity index (χ1v) is 7.22. The number of benzene rings is 1. The van der Waals surface area contributed by atoms with Gasteiger partial charge in [-0.3, -0.25) is 0 Å². The van der Waals surface area contributed by atoms with E-state index in [2.05, 4.69) is 38.2 Å². The predicted molar refractivity (Wildman–Crippen MR) is 79.5 cm³/mol. The Bertz CT molecular complexity index is 434. The highest BCUT2D eigenvalue weighted by Crippen LogP contribution is 2.20. The summed E-state index contributed by atoms with van der Waals surface area (Å²) in [6, 6.07) is 8.16. The maximum absolute atomic E-state index is 12.2. The zero-order valence-corrected chi connectivity index (χ0v) is 12.1. The van der Waals surface area contributed by atoms with Gasteiger partial charge in [0, 0.05) is 18.8 Å². The van der Waals surface area contributed by atoms with E-state index in [4.69, 9.17) is 0 Å². The van der Waals surface area contributed by atoms with E-state index in [-0.39, 0.29) is 6.03 Å². The SMILES string of the molecule is CC1CCN(C(=O)Nc2cccc(C(C)C)c2)CC1. The summed E-state index contributed by atoms with van der Waals surface area (Å²) in [7, 11) is 0. The van der Waals surface area contributed by atoms with Crippen LogP contribution in [0.3, 0.4) is 0 Å². The third kappa shape index (κ3) is 3.72. The van der Waals surface area contributed by atoms with Crippen molar-refractivity contribution in [3.05, 3.63) is 29.8 Å². The predicted octanol–water partition coefficient (Wildman–Crippen LogP) is 4.07. The van der Waals surface area contributed by atoms with Crippen molar-refractivity contribution in [2.75, 3.05) is 18.4 Å². The van der Waals surface area contributed by atoms with Crippen molar-refractivity contribution >= 4 is 11.7 Å². The Hall–Kier alpha value is -1.51. The summed E-state index contributed by atoms with van der Waals surface area (Å²) < 4.78 is 0. The standard InChI is InChI=1S/C16H24N2O/c1-12(2)14-5-4-6-15(11-14)17-16(19)18-9-7-13(3)8-10-18/h4-6,11-13H,7-10H2,1-3H3,(H,17,19). The average Bonchev–Trinajstić information content (AvgIpc) is 2.39. The maximum atomic E-state index is 12.2. The summed E-state index contributed by atoms with van der Waals surface area (Å²) in [4.78, 5) is 14.1. The lowest BCUT2D eigenvalue weighted by atomic mass is 9.99. The largest absolute Gasteiger partial charge is 0.325 e. The van der Waals surface area contributed by atoms with E-state index in [1.54, 1.807) is 0 Å². The van der Waals surface area contributed by atoms with E-state index >= 15 is 0 Å². The minimum absolute atomic E-state index is 0.0350. The van der Waals surface area contributed by atoms with E-state index in [1.807, 2.05) is 17.0 Å². The molecule has 0 aromatic heterocycles. The Morgan fingerprint density at radius 2 is 2.00 bits per heavy atom. The van der Waals surface area contributed by atoms with Crippen LogP contribution in [0.1, 0.15) is 45.1 Å². The number of carbonyl (C=O) groups excluding carboxylic acids is 1. The smallest absolute Gasteiger partial charge is 0.321 e. The molecule has 1 N–H and O–H groups in total. The Balaban J connectivity index is 1.97. The highest BCUT2D eigenvalue weighted by atomic mass is 16.2. The third-order valence-electron chi connectivity index (χ3n) is 3.88. The molecule has 1 aromatic carbocycles. The number of nitrogens with zero attached hydrogens (tertiary/aromatic N) is 1. The van der Waals surface area contributed by atoms with Gasteiger partial charge in [-0.1, -0.05) is 32.9 Å². The molecule has 104 valence electrons. The van der Waals surface area contributed by atoms with Crippen molar-refractivity contribution in [1.29, 1.82) is 0 Å². The lowest BCUT2D eigenvalue weighted by Gasteiger charge is -2.30. The number of nitrogens with one attached hydrogen (secondary N) is 1. The summed E-state index contributed by atoms with van der Waals surface area (Å²) >= 11 is 0. The molecule has 0 radical (unpaired) electrons. The molecular formula is C16H24N2O. The number of hydrogen-bond donors (Lipinski definition) is 1. The van der Waals surface area contributed by atoms with Gasteiger partial charge in [-0.2, -0.15) is 0 Å². The topological polar surface area (TPSA) is 32.3 Å². The van der Waals surface area contributed by atoms with E-state index in [1.165, 1.54) is 5.56 Å². The van der Waals surface area contributed by atoms with Crippen LogP contribution in [0.4, 0.5) is 10.5 Å². The van der Waals surface area contributed by atoms with Crippen LogP contribution in [-0.2, 0) is 0 Å². The van der Waals surface area contributed by atoms with Crippen LogP contribution < -0.4 is 5.32 Å². The van der Waals surface area contributed by atoms with Gasteiger partial charge in [0.25, 0.3) is 0 Å². The van der Waals surface area contributed by atoms with Crippen LogP contribution in [0.5, 0.6) is 0 Å². The van der Waals surface area contributed by atoms with E-state index in [9.17, 15) is 4.79 Å². The molecule has 3 heteroatoms. The molecule has 1 saturated heterocycles. The van der Waals surface area contributed by atoms with Crippen LogP contribution >= 0.6 is 0 Å². The van der Waals surface area contributed by atoms with Crippen molar-refractivity contribution in [2.45, 2.75) is 39.5 Å².